The van der Waals surface area contributed by atoms with Gasteiger partial charge in [0.2, 0.25) is 0 Å². The molecule has 3 heterocycles. The van der Waals surface area contributed by atoms with Crippen molar-refractivity contribution in [2.24, 2.45) is 10.7 Å². The minimum atomic E-state index is -0.278. The van der Waals surface area contributed by atoms with Gasteiger partial charge in [-0.05, 0) is 25.0 Å². The zero-order valence-corrected chi connectivity index (χ0v) is 10.7. The van der Waals surface area contributed by atoms with Crippen molar-refractivity contribution in [1.82, 2.24) is 9.88 Å². The third-order valence-electron chi connectivity index (χ3n) is 3.41. The van der Waals surface area contributed by atoms with Gasteiger partial charge >= 0.3 is 0 Å². The van der Waals surface area contributed by atoms with Crippen LogP contribution in [-0.2, 0) is 4.74 Å². The molecule has 2 aliphatic rings. The van der Waals surface area contributed by atoms with E-state index in [-0.39, 0.29) is 6.17 Å². The van der Waals surface area contributed by atoms with Gasteiger partial charge in [0.15, 0.2) is 0 Å². The summed E-state index contributed by atoms with van der Waals surface area (Å²) in [6.45, 7) is 1.55. The van der Waals surface area contributed by atoms with Crippen LogP contribution in [0.5, 0.6) is 0 Å². The number of hydrogen-bond acceptors (Lipinski definition) is 5. The molecule has 0 bridgehead atoms. The molecule has 6 heteroatoms. The highest BCUT2D eigenvalue weighted by Gasteiger charge is 2.29. The van der Waals surface area contributed by atoms with Crippen molar-refractivity contribution in [1.29, 1.82) is 0 Å². The van der Waals surface area contributed by atoms with Crippen LogP contribution in [0.25, 0.3) is 0 Å². The highest BCUT2D eigenvalue weighted by atomic mass is 35.5. The molecule has 1 atom stereocenters. The molecule has 1 unspecified atom stereocenters. The molecule has 0 amide bonds. The highest BCUT2D eigenvalue weighted by molar-refractivity contribution is 6.29. The van der Waals surface area contributed by atoms with E-state index in [1.165, 1.54) is 0 Å². The van der Waals surface area contributed by atoms with Crippen molar-refractivity contribution in [3.63, 3.8) is 0 Å². The van der Waals surface area contributed by atoms with Gasteiger partial charge in [0.1, 0.15) is 17.0 Å². The number of halogens is 1. The predicted octanol–water partition coefficient (Wildman–Crippen LogP) is 1.85. The fourth-order valence-electron chi connectivity index (χ4n) is 2.42. The maximum absolute atomic E-state index is 6.26. The van der Waals surface area contributed by atoms with Gasteiger partial charge in [-0.1, -0.05) is 11.6 Å². The molecule has 96 valence electrons. The van der Waals surface area contributed by atoms with Gasteiger partial charge in [0, 0.05) is 19.3 Å². The fourth-order valence-corrected chi connectivity index (χ4v) is 2.57. The van der Waals surface area contributed by atoms with Gasteiger partial charge in [0.25, 0.3) is 0 Å². The Hall–Kier alpha value is -1.17. The Morgan fingerprint density at radius 2 is 2.11 bits per heavy atom. The van der Waals surface area contributed by atoms with Crippen LogP contribution in [0, 0.1) is 0 Å². The van der Waals surface area contributed by atoms with E-state index in [0.29, 0.717) is 11.2 Å². The van der Waals surface area contributed by atoms with E-state index in [9.17, 15) is 0 Å². The van der Waals surface area contributed by atoms with Gasteiger partial charge in [-0.3, -0.25) is 0 Å². The largest absolute Gasteiger partial charge is 0.381 e. The van der Waals surface area contributed by atoms with Crippen LogP contribution in [0.2, 0.25) is 5.15 Å². The molecule has 1 aromatic rings. The average Bonchev–Trinajstić information content (AvgIpc) is 2.41. The van der Waals surface area contributed by atoms with Crippen LogP contribution in [0.1, 0.15) is 24.7 Å². The third kappa shape index (κ3) is 2.09. The molecule has 5 nitrogen and oxygen atoms in total. The van der Waals surface area contributed by atoms with E-state index >= 15 is 0 Å². The van der Waals surface area contributed by atoms with Crippen molar-refractivity contribution in [3.8, 4) is 0 Å². The maximum atomic E-state index is 6.26. The standard InChI is InChI=1S/C12H15ClN4O/c13-10-2-1-9-11(16-10)12(14)17(7-15-9)8-3-5-18-6-4-8/h1-2,7-8,12H,3-6,14H2. The molecule has 2 N–H and O–H groups in total. The van der Waals surface area contributed by atoms with Crippen molar-refractivity contribution in [2.75, 3.05) is 13.2 Å². The summed E-state index contributed by atoms with van der Waals surface area (Å²) in [4.78, 5) is 10.8. The van der Waals surface area contributed by atoms with E-state index in [1.807, 2.05) is 12.4 Å². The molecule has 0 aromatic carbocycles. The molecule has 2 aliphatic heterocycles. The first kappa shape index (κ1) is 11.9. The number of aliphatic imine (C=N–C) groups is 1. The number of aromatic nitrogens is 1. The fraction of sp³-hybridized carbons (Fsp3) is 0.500. The Labute approximate surface area is 111 Å². The van der Waals surface area contributed by atoms with E-state index in [2.05, 4.69) is 14.9 Å². The lowest BCUT2D eigenvalue weighted by molar-refractivity contribution is 0.0460. The zero-order valence-electron chi connectivity index (χ0n) is 9.92. The van der Waals surface area contributed by atoms with Gasteiger partial charge < -0.3 is 15.4 Å². The topological polar surface area (TPSA) is 63.7 Å². The average molecular weight is 267 g/mol. The molecule has 0 radical (unpaired) electrons. The monoisotopic (exact) mass is 266 g/mol. The van der Waals surface area contributed by atoms with Crippen molar-refractivity contribution >= 4 is 23.6 Å². The minimum absolute atomic E-state index is 0.278. The molecule has 3 rings (SSSR count). The first-order valence-electron chi connectivity index (χ1n) is 6.07. The lowest BCUT2D eigenvalue weighted by Crippen LogP contribution is -2.45. The lowest BCUT2D eigenvalue weighted by Gasteiger charge is -2.38. The molecular formula is C12H15ClN4O. The van der Waals surface area contributed by atoms with E-state index in [0.717, 1.165) is 37.4 Å². The van der Waals surface area contributed by atoms with Crippen LogP contribution in [-0.4, -0.2) is 35.5 Å². The Balaban J connectivity index is 1.88. The Bertz CT molecular complexity index is 473. The second-order valence-electron chi connectivity index (χ2n) is 4.52. The van der Waals surface area contributed by atoms with Gasteiger partial charge in [-0.2, -0.15) is 0 Å². The summed E-state index contributed by atoms with van der Waals surface area (Å²) in [7, 11) is 0. The minimum Gasteiger partial charge on any atom is -0.381 e. The number of pyridine rings is 1. The first-order valence-corrected chi connectivity index (χ1v) is 6.45. The summed E-state index contributed by atoms with van der Waals surface area (Å²) >= 11 is 5.92. The van der Waals surface area contributed by atoms with Crippen LogP contribution in [0.15, 0.2) is 17.1 Å². The molecule has 0 saturated carbocycles. The number of nitrogens with zero attached hydrogens (tertiary/aromatic N) is 3. The summed E-state index contributed by atoms with van der Waals surface area (Å²) in [5, 5.41) is 0.452. The Morgan fingerprint density at radius 1 is 1.33 bits per heavy atom. The quantitative estimate of drug-likeness (QED) is 0.788. The maximum Gasteiger partial charge on any atom is 0.129 e. The first-order chi connectivity index (χ1) is 8.75. The van der Waals surface area contributed by atoms with Gasteiger partial charge in [0.05, 0.1) is 12.0 Å². The summed E-state index contributed by atoms with van der Waals surface area (Å²) in [6, 6.07) is 3.95. The summed E-state index contributed by atoms with van der Waals surface area (Å²) in [6.07, 6.45) is 3.48. The molecular weight excluding hydrogens is 252 g/mol. The second-order valence-corrected chi connectivity index (χ2v) is 4.91. The van der Waals surface area contributed by atoms with Gasteiger partial charge in [-0.15, -0.1) is 0 Å². The molecule has 18 heavy (non-hydrogen) atoms. The SMILES string of the molecule is NC1c2nc(Cl)ccc2N=CN1C1CCOCC1. The molecule has 1 saturated heterocycles. The highest BCUT2D eigenvalue weighted by Crippen LogP contribution is 2.32. The zero-order chi connectivity index (χ0) is 12.5. The molecule has 0 aliphatic carbocycles. The van der Waals surface area contributed by atoms with E-state index in [4.69, 9.17) is 22.1 Å². The number of ether oxygens (including phenoxy) is 1. The Morgan fingerprint density at radius 3 is 2.89 bits per heavy atom. The third-order valence-corrected chi connectivity index (χ3v) is 3.62. The van der Waals surface area contributed by atoms with Crippen LogP contribution in [0.4, 0.5) is 5.69 Å². The summed E-state index contributed by atoms with van der Waals surface area (Å²) < 4.78 is 5.37. The smallest absolute Gasteiger partial charge is 0.129 e. The lowest BCUT2D eigenvalue weighted by atomic mass is 10.1. The van der Waals surface area contributed by atoms with Crippen molar-refractivity contribution in [3.05, 3.63) is 23.0 Å². The van der Waals surface area contributed by atoms with Crippen LogP contribution >= 0.6 is 11.6 Å². The second kappa shape index (κ2) is 4.84. The summed E-state index contributed by atoms with van der Waals surface area (Å²) in [5.74, 6) is 0. The van der Waals surface area contributed by atoms with Crippen LogP contribution < -0.4 is 5.73 Å². The van der Waals surface area contributed by atoms with Crippen molar-refractivity contribution < 1.29 is 4.74 Å². The summed E-state index contributed by atoms with van der Waals surface area (Å²) in [5.41, 5.74) is 7.81. The van der Waals surface area contributed by atoms with Crippen LogP contribution in [0.3, 0.4) is 0 Å². The number of hydrogen-bond donors (Lipinski definition) is 1. The number of rotatable bonds is 1. The van der Waals surface area contributed by atoms with E-state index in [1.54, 1.807) is 6.07 Å². The normalized spacial score (nSPS) is 24.1. The number of nitrogens with two attached hydrogens (primary N) is 1. The Kier molecular flexibility index (Phi) is 3.20. The number of fused-ring (bicyclic) bond motifs is 1. The molecule has 1 fully saturated rings. The molecule has 0 spiro atoms. The van der Waals surface area contributed by atoms with Crippen molar-refractivity contribution in [2.45, 2.75) is 25.0 Å². The van der Waals surface area contributed by atoms with E-state index < -0.39 is 0 Å². The molecule has 1 aromatic heterocycles. The predicted molar refractivity (Wildman–Crippen MR) is 70.0 cm³/mol. The van der Waals surface area contributed by atoms with Gasteiger partial charge in [-0.25, -0.2) is 9.98 Å².